The molecule has 5 nitrogen and oxygen atoms in total. The Labute approximate surface area is 456 Å². The first-order valence-electron chi connectivity index (χ1n) is 27.3. The van der Waals surface area contributed by atoms with Crippen molar-refractivity contribution in [3.63, 3.8) is 0 Å². The maximum atomic E-state index is 7.05. The van der Waals surface area contributed by atoms with Gasteiger partial charge < -0.3 is 24.3 Å². The Hall–Kier alpha value is -9.52. The summed E-state index contributed by atoms with van der Waals surface area (Å²) in [5.74, 6) is 1.82. The van der Waals surface area contributed by atoms with Crippen molar-refractivity contribution in [2.24, 2.45) is 0 Å². The van der Waals surface area contributed by atoms with Crippen molar-refractivity contribution < 1.29 is 4.74 Å². The average molecular weight is 1000 g/mol. The summed E-state index contributed by atoms with van der Waals surface area (Å²) < 4.78 is 7.05. The molecule has 0 spiro atoms. The number of anilines is 12. The van der Waals surface area contributed by atoms with Gasteiger partial charge in [0.2, 0.25) is 0 Å². The standard InChI is InChI=1S/C72H53BN4O/c1-71(2)59-39-35-50(74(46-20-9-5-10-21-46)47-22-11-6-12-23-47)42-56(59)57-44-52(37-41-60(57)71)77-63-29-17-28-62-68(63)73-69-64(30-18-32-66(69)78-67-33-19-31-65(77)70(67)73)76(62)51-36-40-58-55(43-51)54-38-34-53(45-61(54)72(58,3)4)75(48-24-13-7-14-25-48)49-26-15-8-16-27-49/h5-45H,1-4H3. The Kier molecular flexibility index (Phi) is 9.46. The van der Waals surface area contributed by atoms with Crippen LogP contribution in [0.1, 0.15) is 49.9 Å². The minimum Gasteiger partial charge on any atom is -0.458 e. The second-order valence-corrected chi connectivity index (χ2v) is 22.5. The molecule has 0 aromatic heterocycles. The van der Waals surface area contributed by atoms with E-state index >= 15 is 0 Å². The highest BCUT2D eigenvalue weighted by Gasteiger charge is 2.49. The van der Waals surface area contributed by atoms with E-state index in [1.165, 1.54) is 72.3 Å². The topological polar surface area (TPSA) is 22.2 Å². The van der Waals surface area contributed by atoms with Crippen LogP contribution >= 0.6 is 0 Å². The number of fused-ring (bicyclic) bond motifs is 6. The van der Waals surface area contributed by atoms with Crippen LogP contribution in [0.5, 0.6) is 11.5 Å². The minimum absolute atomic E-state index is 0.0156. The molecular formula is C72H53BN4O. The van der Waals surface area contributed by atoms with E-state index in [0.29, 0.717) is 0 Å². The lowest BCUT2D eigenvalue weighted by Gasteiger charge is -2.46. The van der Waals surface area contributed by atoms with E-state index in [4.69, 9.17) is 4.74 Å². The van der Waals surface area contributed by atoms with Crippen LogP contribution in [0.2, 0.25) is 0 Å². The first-order valence-corrected chi connectivity index (χ1v) is 27.3. The van der Waals surface area contributed by atoms with Crippen molar-refractivity contribution in [1.82, 2.24) is 0 Å². The first kappa shape index (κ1) is 44.7. The zero-order valence-electron chi connectivity index (χ0n) is 43.9. The zero-order valence-corrected chi connectivity index (χ0v) is 43.9. The third-order valence-corrected chi connectivity index (χ3v) is 17.6. The molecule has 0 bridgehead atoms. The van der Waals surface area contributed by atoms with Gasteiger partial charge in [-0.2, -0.15) is 0 Å². The molecule has 0 atom stereocenters. The molecule has 0 N–H and O–H groups in total. The lowest BCUT2D eigenvalue weighted by atomic mass is 9.32. The zero-order chi connectivity index (χ0) is 52.0. The molecule has 3 aliphatic heterocycles. The fraction of sp³-hybridized carbons (Fsp3) is 0.0833. The molecule has 16 rings (SSSR count). The SMILES string of the molecule is CC1(C)c2ccc(N(c3ccccc3)c3ccccc3)cc2-c2cc(N3c4cccc5c4B4c6c(cccc6N(c6ccc7c(c6)-c6ccc(N(c8ccccc8)c8ccccc8)cc6C7(C)C)c6cccc3c64)O5)ccc21. The summed E-state index contributed by atoms with van der Waals surface area (Å²) in [5, 5.41) is 0. The van der Waals surface area contributed by atoms with E-state index in [-0.39, 0.29) is 17.5 Å². The van der Waals surface area contributed by atoms with Crippen LogP contribution < -0.4 is 40.7 Å². The quantitative estimate of drug-likeness (QED) is 0.141. The van der Waals surface area contributed by atoms with E-state index in [9.17, 15) is 0 Å². The summed E-state index contributed by atoms with van der Waals surface area (Å²) in [7, 11) is 0. The molecule has 3 heterocycles. The smallest absolute Gasteiger partial charge is 0.261 e. The Bertz CT molecular complexity index is 4190. The van der Waals surface area contributed by atoms with Gasteiger partial charge in [0.15, 0.2) is 0 Å². The van der Waals surface area contributed by atoms with Crippen LogP contribution in [0.25, 0.3) is 22.3 Å². The predicted octanol–water partition coefficient (Wildman–Crippen LogP) is 17.4. The van der Waals surface area contributed by atoms with Gasteiger partial charge >= 0.3 is 0 Å². The van der Waals surface area contributed by atoms with Gasteiger partial charge in [-0.1, -0.05) is 143 Å². The van der Waals surface area contributed by atoms with Crippen molar-refractivity contribution in [3.05, 3.63) is 271 Å². The van der Waals surface area contributed by atoms with Gasteiger partial charge in [-0.05, 0) is 194 Å². The van der Waals surface area contributed by atoms with Gasteiger partial charge in [-0.3, -0.25) is 0 Å². The van der Waals surface area contributed by atoms with E-state index in [0.717, 1.165) is 68.4 Å². The second-order valence-electron chi connectivity index (χ2n) is 22.5. The number of hydrogen-bond acceptors (Lipinski definition) is 5. The van der Waals surface area contributed by atoms with Crippen LogP contribution in [0, 0.1) is 0 Å². The molecule has 78 heavy (non-hydrogen) atoms. The van der Waals surface area contributed by atoms with Crippen LogP contribution in [0.3, 0.4) is 0 Å². The van der Waals surface area contributed by atoms with Crippen LogP contribution in [0.15, 0.2) is 249 Å². The predicted molar refractivity (Wildman–Crippen MR) is 325 cm³/mol. The molecule has 0 saturated carbocycles. The molecule has 0 fully saturated rings. The molecule has 5 aliphatic rings. The minimum atomic E-state index is -0.228. The maximum Gasteiger partial charge on any atom is 0.261 e. The first-order chi connectivity index (χ1) is 38.2. The van der Waals surface area contributed by atoms with Gasteiger partial charge in [-0.25, -0.2) is 0 Å². The monoisotopic (exact) mass is 1000 g/mol. The molecule has 0 saturated heterocycles. The normalized spacial score (nSPS) is 14.6. The third kappa shape index (κ3) is 6.31. The lowest BCUT2D eigenvalue weighted by molar-refractivity contribution is 0.487. The Morgan fingerprint density at radius 2 is 0.679 bits per heavy atom. The molecule has 0 radical (unpaired) electrons. The summed E-state index contributed by atoms with van der Waals surface area (Å²) in [5.41, 5.74) is 27.4. The Balaban J connectivity index is 0.842. The second kappa shape index (κ2) is 16.5. The highest BCUT2D eigenvalue weighted by molar-refractivity contribution is 7.01. The third-order valence-electron chi connectivity index (χ3n) is 17.6. The number of hydrogen-bond donors (Lipinski definition) is 0. The van der Waals surface area contributed by atoms with Gasteiger partial charge in [0.1, 0.15) is 11.5 Å². The lowest BCUT2D eigenvalue weighted by Crippen LogP contribution is -2.63. The summed E-state index contributed by atoms with van der Waals surface area (Å²) >= 11 is 0. The number of nitrogens with zero attached hydrogens (tertiary/aromatic N) is 4. The van der Waals surface area contributed by atoms with Crippen molar-refractivity contribution >= 4 is 91.3 Å². The Morgan fingerprint density at radius 1 is 0.308 bits per heavy atom. The molecule has 0 amide bonds. The van der Waals surface area contributed by atoms with Gasteiger partial charge in [0.05, 0.1) is 0 Å². The van der Waals surface area contributed by atoms with Crippen molar-refractivity contribution in [1.29, 1.82) is 0 Å². The largest absolute Gasteiger partial charge is 0.458 e. The van der Waals surface area contributed by atoms with E-state index in [2.05, 4.69) is 296 Å². The van der Waals surface area contributed by atoms with Crippen molar-refractivity contribution in [2.75, 3.05) is 19.6 Å². The molecule has 0 unspecified atom stereocenters. The van der Waals surface area contributed by atoms with Gasteiger partial charge in [0.25, 0.3) is 6.71 Å². The molecule has 2 aliphatic carbocycles. The van der Waals surface area contributed by atoms with Crippen molar-refractivity contribution in [2.45, 2.75) is 38.5 Å². The average Bonchev–Trinajstić information content (AvgIpc) is 3.90. The molecule has 370 valence electrons. The number of ether oxygens (including phenoxy) is 1. The fourth-order valence-corrected chi connectivity index (χ4v) is 14.0. The highest BCUT2D eigenvalue weighted by atomic mass is 16.5. The van der Waals surface area contributed by atoms with Gasteiger partial charge in [0, 0.05) is 79.1 Å². The number of benzene rings is 11. The van der Waals surface area contributed by atoms with Crippen LogP contribution in [0.4, 0.5) is 68.2 Å². The molecule has 11 aromatic rings. The van der Waals surface area contributed by atoms with Gasteiger partial charge in [-0.15, -0.1) is 0 Å². The van der Waals surface area contributed by atoms with E-state index in [1.54, 1.807) is 0 Å². The van der Waals surface area contributed by atoms with E-state index < -0.39 is 0 Å². The maximum absolute atomic E-state index is 7.05. The molecule has 11 aromatic carbocycles. The summed E-state index contributed by atoms with van der Waals surface area (Å²) in [6.45, 7) is 9.49. The Morgan fingerprint density at radius 3 is 1.15 bits per heavy atom. The fourth-order valence-electron chi connectivity index (χ4n) is 14.0. The molecule has 6 heteroatoms. The molecular weight excluding hydrogens is 948 g/mol. The highest BCUT2D eigenvalue weighted by Crippen LogP contribution is 2.56. The van der Waals surface area contributed by atoms with E-state index in [1.807, 2.05) is 0 Å². The van der Waals surface area contributed by atoms with Crippen LogP contribution in [-0.4, -0.2) is 6.71 Å². The summed E-state index contributed by atoms with van der Waals surface area (Å²) in [6.07, 6.45) is 0. The van der Waals surface area contributed by atoms with Crippen LogP contribution in [-0.2, 0) is 10.8 Å². The summed E-state index contributed by atoms with van der Waals surface area (Å²) in [4.78, 5) is 9.76. The number of rotatable bonds is 8. The number of para-hydroxylation sites is 4. The van der Waals surface area contributed by atoms with Crippen molar-refractivity contribution in [3.8, 4) is 33.8 Å². The summed E-state index contributed by atoms with van der Waals surface area (Å²) in [6, 6.07) is 91.5.